The Balaban J connectivity index is 2.04. The van der Waals surface area contributed by atoms with E-state index in [0.29, 0.717) is 35.7 Å². The van der Waals surface area contributed by atoms with Gasteiger partial charge in [-0.05, 0) is 32.0 Å². The average Bonchev–Trinajstić information content (AvgIpc) is 3.05. The molecule has 0 bridgehead atoms. The molecule has 0 radical (unpaired) electrons. The number of rotatable bonds is 7. The molecule has 138 valence electrons. The van der Waals surface area contributed by atoms with E-state index in [1.807, 2.05) is 19.9 Å². The zero-order chi connectivity index (χ0) is 18.7. The smallest absolute Gasteiger partial charge is 0.217 e. The summed E-state index contributed by atoms with van der Waals surface area (Å²) in [5.41, 5.74) is 2.04. The maximum Gasteiger partial charge on any atom is 0.217 e. The summed E-state index contributed by atoms with van der Waals surface area (Å²) in [7, 11) is -3.35. The second-order valence-corrected chi connectivity index (χ2v) is 7.62. The van der Waals surface area contributed by atoms with E-state index in [1.165, 1.54) is 12.3 Å². The number of furan rings is 1. The zero-order valence-corrected chi connectivity index (χ0v) is 15.6. The molecule has 3 aromatic heterocycles. The van der Waals surface area contributed by atoms with Crippen LogP contribution < -0.4 is 0 Å². The molecule has 0 amide bonds. The minimum absolute atomic E-state index is 0.0225. The summed E-state index contributed by atoms with van der Waals surface area (Å²) in [5, 5.41) is 0.823. The molecule has 0 aliphatic carbocycles. The van der Waals surface area contributed by atoms with E-state index in [4.69, 9.17) is 13.9 Å². The van der Waals surface area contributed by atoms with Gasteiger partial charge in [0, 0.05) is 54.6 Å². The van der Waals surface area contributed by atoms with Gasteiger partial charge in [-0.2, -0.15) is 0 Å². The van der Waals surface area contributed by atoms with Crippen molar-refractivity contribution < 1.29 is 22.3 Å². The zero-order valence-electron chi connectivity index (χ0n) is 14.8. The molecule has 3 aromatic rings. The summed E-state index contributed by atoms with van der Waals surface area (Å²) in [6, 6.07) is 4.99. The first-order valence-corrected chi connectivity index (χ1v) is 10.1. The summed E-state index contributed by atoms with van der Waals surface area (Å²) in [5.74, 6) is 0.554. The van der Waals surface area contributed by atoms with Gasteiger partial charge in [0.05, 0.1) is 0 Å². The molecule has 8 heteroatoms. The predicted octanol–water partition coefficient (Wildman–Crippen LogP) is 3.36. The minimum atomic E-state index is -3.35. The summed E-state index contributed by atoms with van der Waals surface area (Å²) < 4.78 is 40.3. The molecule has 7 nitrogen and oxygen atoms in total. The van der Waals surface area contributed by atoms with Gasteiger partial charge in [0.25, 0.3) is 0 Å². The maximum absolute atomic E-state index is 11.6. The molecule has 0 N–H and O–H groups in total. The van der Waals surface area contributed by atoms with E-state index in [2.05, 4.69) is 9.97 Å². The third kappa shape index (κ3) is 3.77. The Bertz CT molecular complexity index is 990. The third-order valence-corrected chi connectivity index (χ3v) is 4.74. The van der Waals surface area contributed by atoms with Gasteiger partial charge in [-0.3, -0.25) is 4.98 Å². The first-order chi connectivity index (χ1) is 12.4. The van der Waals surface area contributed by atoms with Crippen molar-refractivity contribution in [2.75, 3.05) is 19.5 Å². The van der Waals surface area contributed by atoms with Gasteiger partial charge in [0.1, 0.15) is 5.58 Å². The van der Waals surface area contributed by atoms with Crippen LogP contribution in [0.15, 0.2) is 46.2 Å². The van der Waals surface area contributed by atoms with E-state index in [-0.39, 0.29) is 5.03 Å². The van der Waals surface area contributed by atoms with Crippen molar-refractivity contribution in [3.63, 3.8) is 0 Å². The lowest BCUT2D eigenvalue weighted by Gasteiger charge is -2.13. The number of hydrogen-bond donors (Lipinski definition) is 0. The van der Waals surface area contributed by atoms with Crippen LogP contribution in [0.5, 0.6) is 0 Å². The lowest BCUT2D eigenvalue weighted by atomic mass is 10.1. The average molecular weight is 376 g/mol. The molecule has 3 rings (SSSR count). The molecule has 0 fully saturated rings. The van der Waals surface area contributed by atoms with Crippen LogP contribution in [0, 0.1) is 0 Å². The highest BCUT2D eigenvalue weighted by molar-refractivity contribution is 7.90. The Kier molecular flexibility index (Phi) is 5.36. The highest BCUT2D eigenvalue weighted by Crippen LogP contribution is 2.33. The van der Waals surface area contributed by atoms with E-state index < -0.39 is 16.1 Å². The number of sulfone groups is 1. The summed E-state index contributed by atoms with van der Waals surface area (Å²) in [4.78, 5) is 8.26. The van der Waals surface area contributed by atoms with E-state index in [9.17, 15) is 8.42 Å². The van der Waals surface area contributed by atoms with Crippen LogP contribution in [0.1, 0.15) is 25.9 Å². The Morgan fingerprint density at radius 1 is 1.12 bits per heavy atom. The summed E-state index contributed by atoms with van der Waals surface area (Å²) in [6.45, 7) is 4.75. The molecule has 0 aromatic carbocycles. The van der Waals surface area contributed by atoms with Crippen molar-refractivity contribution >= 4 is 20.8 Å². The quantitative estimate of drug-likeness (QED) is 0.584. The lowest BCUT2D eigenvalue weighted by molar-refractivity contribution is -0.150. The fourth-order valence-corrected chi connectivity index (χ4v) is 3.14. The van der Waals surface area contributed by atoms with Gasteiger partial charge < -0.3 is 13.9 Å². The van der Waals surface area contributed by atoms with Gasteiger partial charge >= 0.3 is 0 Å². The van der Waals surface area contributed by atoms with Crippen LogP contribution >= 0.6 is 0 Å². The third-order valence-electron chi connectivity index (χ3n) is 3.74. The van der Waals surface area contributed by atoms with Crippen LogP contribution in [0.4, 0.5) is 0 Å². The molecule has 3 heterocycles. The van der Waals surface area contributed by atoms with Crippen LogP contribution in [0.25, 0.3) is 22.1 Å². The molecule has 0 atom stereocenters. The molecular weight excluding hydrogens is 356 g/mol. The first-order valence-electron chi connectivity index (χ1n) is 8.21. The topological polar surface area (TPSA) is 91.5 Å². The number of pyridine rings is 2. The molecule has 0 spiro atoms. The van der Waals surface area contributed by atoms with Crippen LogP contribution in [0.2, 0.25) is 0 Å². The van der Waals surface area contributed by atoms with Crippen molar-refractivity contribution in [1.29, 1.82) is 0 Å². The molecule has 0 aliphatic heterocycles. The normalized spacial score (nSPS) is 12.2. The fourth-order valence-electron chi connectivity index (χ4n) is 2.58. The van der Waals surface area contributed by atoms with Crippen molar-refractivity contribution in [2.45, 2.75) is 25.2 Å². The summed E-state index contributed by atoms with van der Waals surface area (Å²) in [6.07, 6.45) is 5.38. The predicted molar refractivity (Wildman–Crippen MR) is 96.3 cm³/mol. The van der Waals surface area contributed by atoms with Gasteiger partial charge in [-0.15, -0.1) is 0 Å². The standard InChI is InChI=1S/C18H20N2O5S/c1-4-23-18(24-5-2)15-8-13-9-19-11-14(17(13)25-15)12-6-7-16(20-10-12)26(3,21)22/h6-11,18H,4-5H2,1-3H3. The SMILES string of the molecule is CCOC(OCC)c1cc2cncc(-c3ccc(S(C)(=O)=O)nc3)c2o1. The number of hydrogen-bond acceptors (Lipinski definition) is 7. The van der Waals surface area contributed by atoms with Crippen LogP contribution in [-0.2, 0) is 19.3 Å². The Labute approximate surface area is 151 Å². The molecular formula is C18H20N2O5S. The van der Waals surface area contributed by atoms with E-state index in [1.54, 1.807) is 18.5 Å². The number of nitrogens with zero attached hydrogens (tertiary/aromatic N) is 2. The van der Waals surface area contributed by atoms with Gasteiger partial charge in [0.15, 0.2) is 20.6 Å². The van der Waals surface area contributed by atoms with Crippen molar-refractivity contribution in [3.05, 3.63) is 42.5 Å². The molecule has 0 aliphatic rings. The van der Waals surface area contributed by atoms with E-state index in [0.717, 1.165) is 11.6 Å². The van der Waals surface area contributed by atoms with Crippen molar-refractivity contribution in [1.82, 2.24) is 9.97 Å². The number of fused-ring (bicyclic) bond motifs is 1. The molecule has 0 saturated carbocycles. The largest absolute Gasteiger partial charge is 0.455 e. The molecule has 0 saturated heterocycles. The summed E-state index contributed by atoms with van der Waals surface area (Å²) >= 11 is 0. The van der Waals surface area contributed by atoms with Crippen LogP contribution in [0.3, 0.4) is 0 Å². The Morgan fingerprint density at radius 3 is 2.42 bits per heavy atom. The first kappa shape index (κ1) is 18.5. The Morgan fingerprint density at radius 2 is 1.85 bits per heavy atom. The fraction of sp³-hybridized carbons (Fsp3) is 0.333. The Hall–Kier alpha value is -2.29. The van der Waals surface area contributed by atoms with Crippen molar-refractivity contribution in [2.24, 2.45) is 0 Å². The molecule has 0 unspecified atom stereocenters. The number of aromatic nitrogens is 2. The van der Waals surface area contributed by atoms with E-state index >= 15 is 0 Å². The lowest BCUT2D eigenvalue weighted by Crippen LogP contribution is -2.07. The highest BCUT2D eigenvalue weighted by Gasteiger charge is 2.19. The maximum atomic E-state index is 11.6. The monoisotopic (exact) mass is 376 g/mol. The highest BCUT2D eigenvalue weighted by atomic mass is 32.2. The van der Waals surface area contributed by atoms with Crippen molar-refractivity contribution in [3.8, 4) is 11.1 Å². The van der Waals surface area contributed by atoms with Gasteiger partial charge in [0.2, 0.25) is 6.29 Å². The molecule has 26 heavy (non-hydrogen) atoms. The van der Waals surface area contributed by atoms with Gasteiger partial charge in [-0.1, -0.05) is 0 Å². The second-order valence-electron chi connectivity index (χ2n) is 5.65. The second kappa shape index (κ2) is 7.53. The van der Waals surface area contributed by atoms with Gasteiger partial charge in [-0.25, -0.2) is 13.4 Å². The van der Waals surface area contributed by atoms with Crippen LogP contribution in [-0.4, -0.2) is 37.9 Å². The number of ether oxygens (including phenoxy) is 2. The minimum Gasteiger partial charge on any atom is -0.455 e.